The first-order valence-corrected chi connectivity index (χ1v) is 1.38. The van der Waals surface area contributed by atoms with Gasteiger partial charge in [0.1, 0.15) is 12.5 Å². The van der Waals surface area contributed by atoms with Gasteiger partial charge in [-0.25, -0.2) is 0 Å². The van der Waals surface area contributed by atoms with E-state index in [2.05, 4.69) is 9.47 Å². The molecule has 0 spiro atoms. The minimum absolute atomic E-state index is 0. The highest BCUT2D eigenvalue weighted by Crippen LogP contribution is 1.88. The van der Waals surface area contributed by atoms with Gasteiger partial charge in [0.15, 0.2) is 0 Å². The minimum Gasteiger partial charge on any atom is -0.462 e. The maximum absolute atomic E-state index is 4.54. The Hall–Kier alpha value is -0.230. The molecule has 1 atom stereocenters. The molecule has 0 amide bonds. The van der Waals surface area contributed by atoms with Crippen molar-refractivity contribution in [3.63, 3.8) is 0 Å². The first kappa shape index (κ1) is 5.77. The Morgan fingerprint density at radius 1 is 1.17 bits per heavy atom. The molecule has 0 saturated carbocycles. The standard InChI is InChI=1S/C3H4O2.H3P/c1-2-5-3-4-1;/h1-2H,3H2;1H3. The Kier molecular flexibility index (Phi) is 2.87. The van der Waals surface area contributed by atoms with Crippen LogP contribution in [0.1, 0.15) is 0 Å². The van der Waals surface area contributed by atoms with E-state index in [0.29, 0.717) is 6.79 Å². The molecule has 0 aromatic heterocycles. The lowest BCUT2D eigenvalue weighted by molar-refractivity contribution is 0.0920. The summed E-state index contributed by atoms with van der Waals surface area (Å²) in [4.78, 5) is 0. The summed E-state index contributed by atoms with van der Waals surface area (Å²) in [6, 6.07) is 0. The zero-order valence-corrected chi connectivity index (χ0v) is 4.80. The lowest BCUT2D eigenvalue weighted by atomic mass is 11.1. The average Bonchev–Trinajstić information content (AvgIpc) is 1.76. The van der Waals surface area contributed by atoms with E-state index < -0.39 is 0 Å². The molecule has 3 heteroatoms. The van der Waals surface area contributed by atoms with E-state index in [0.717, 1.165) is 0 Å². The molecule has 0 N–H and O–H groups in total. The van der Waals surface area contributed by atoms with Crippen molar-refractivity contribution < 1.29 is 9.47 Å². The molecule has 0 aliphatic carbocycles. The van der Waals surface area contributed by atoms with Crippen molar-refractivity contribution in [2.75, 3.05) is 6.79 Å². The highest BCUT2D eigenvalue weighted by atomic mass is 31.0. The van der Waals surface area contributed by atoms with Crippen molar-refractivity contribution in [3.8, 4) is 0 Å². The van der Waals surface area contributed by atoms with Crippen LogP contribution in [0.25, 0.3) is 0 Å². The molecule has 0 aromatic rings. The van der Waals surface area contributed by atoms with Crippen LogP contribution in [0.3, 0.4) is 0 Å². The van der Waals surface area contributed by atoms with Gasteiger partial charge in [-0.1, -0.05) is 0 Å². The molecular formula is C3H7O2P. The molecule has 1 unspecified atom stereocenters. The van der Waals surface area contributed by atoms with Crippen LogP contribution in [-0.4, -0.2) is 6.79 Å². The molecule has 36 valence electrons. The first-order valence-electron chi connectivity index (χ1n) is 1.38. The summed E-state index contributed by atoms with van der Waals surface area (Å²) in [5.41, 5.74) is 0. The molecule has 0 saturated heterocycles. The summed E-state index contributed by atoms with van der Waals surface area (Å²) in [5.74, 6) is 0. The summed E-state index contributed by atoms with van der Waals surface area (Å²) in [7, 11) is 0. The third kappa shape index (κ3) is 1.27. The zero-order valence-electron chi connectivity index (χ0n) is 3.39. The third-order valence-corrected chi connectivity index (χ3v) is 0.384. The molecule has 6 heavy (non-hydrogen) atoms. The number of rotatable bonds is 0. The maximum Gasteiger partial charge on any atom is 0.229 e. The lowest BCUT2D eigenvalue weighted by Gasteiger charge is -1.82. The van der Waals surface area contributed by atoms with E-state index in [-0.39, 0.29) is 9.90 Å². The van der Waals surface area contributed by atoms with Crippen molar-refractivity contribution in [2.24, 2.45) is 0 Å². The van der Waals surface area contributed by atoms with Crippen LogP contribution in [0.2, 0.25) is 0 Å². The highest BCUT2D eigenvalue weighted by Gasteiger charge is 1.82. The van der Waals surface area contributed by atoms with Crippen molar-refractivity contribution in [3.05, 3.63) is 12.5 Å². The van der Waals surface area contributed by atoms with Gasteiger partial charge in [0.05, 0.1) is 0 Å². The van der Waals surface area contributed by atoms with Gasteiger partial charge in [-0.2, -0.15) is 9.90 Å². The Bertz CT molecular complexity index is 46.8. The SMILES string of the molecule is C1=COCO1.P. The summed E-state index contributed by atoms with van der Waals surface area (Å²) in [6.07, 6.45) is 3.03. The first-order chi connectivity index (χ1) is 2.50. The second-order valence-corrected chi connectivity index (χ2v) is 0.723. The van der Waals surface area contributed by atoms with Gasteiger partial charge in [0, 0.05) is 0 Å². The molecule has 0 fully saturated rings. The van der Waals surface area contributed by atoms with Gasteiger partial charge >= 0.3 is 0 Å². The van der Waals surface area contributed by atoms with E-state index >= 15 is 0 Å². The number of ether oxygens (including phenoxy) is 2. The largest absolute Gasteiger partial charge is 0.462 e. The van der Waals surface area contributed by atoms with Crippen LogP contribution < -0.4 is 0 Å². The Morgan fingerprint density at radius 3 is 1.83 bits per heavy atom. The predicted octanol–water partition coefficient (Wildman–Crippen LogP) is 0.520. The molecule has 1 aliphatic rings. The second-order valence-electron chi connectivity index (χ2n) is 0.723. The summed E-state index contributed by atoms with van der Waals surface area (Å²) < 4.78 is 9.08. The predicted molar refractivity (Wildman–Crippen MR) is 27.3 cm³/mol. The van der Waals surface area contributed by atoms with Crippen LogP contribution in [0.5, 0.6) is 0 Å². The van der Waals surface area contributed by atoms with Crippen molar-refractivity contribution >= 4 is 9.90 Å². The summed E-state index contributed by atoms with van der Waals surface area (Å²) in [5, 5.41) is 0. The Morgan fingerprint density at radius 2 is 1.67 bits per heavy atom. The second kappa shape index (κ2) is 2.98. The van der Waals surface area contributed by atoms with Crippen LogP contribution in [0, 0.1) is 0 Å². The number of hydrogen-bond donors (Lipinski definition) is 0. The van der Waals surface area contributed by atoms with E-state index in [1.807, 2.05) is 0 Å². The fourth-order valence-electron chi connectivity index (χ4n) is 0.196. The Balaban J connectivity index is 0.000000250. The lowest BCUT2D eigenvalue weighted by Crippen LogP contribution is -1.75. The van der Waals surface area contributed by atoms with Crippen LogP contribution in [-0.2, 0) is 9.47 Å². The van der Waals surface area contributed by atoms with Gasteiger partial charge in [-0.05, 0) is 0 Å². The molecule has 0 bridgehead atoms. The van der Waals surface area contributed by atoms with E-state index in [9.17, 15) is 0 Å². The third-order valence-electron chi connectivity index (χ3n) is 0.384. The van der Waals surface area contributed by atoms with Crippen LogP contribution >= 0.6 is 9.90 Å². The molecular weight excluding hydrogens is 99.0 g/mol. The molecule has 2 nitrogen and oxygen atoms in total. The fourth-order valence-corrected chi connectivity index (χ4v) is 0.196. The van der Waals surface area contributed by atoms with E-state index in [1.165, 1.54) is 12.5 Å². The maximum atomic E-state index is 4.54. The molecule has 1 heterocycles. The van der Waals surface area contributed by atoms with Crippen molar-refractivity contribution in [1.29, 1.82) is 0 Å². The average molecular weight is 106 g/mol. The van der Waals surface area contributed by atoms with Crippen molar-refractivity contribution in [2.45, 2.75) is 0 Å². The minimum atomic E-state index is 0. The van der Waals surface area contributed by atoms with Gasteiger partial charge in [-0.3, -0.25) is 0 Å². The van der Waals surface area contributed by atoms with Gasteiger partial charge in [-0.15, -0.1) is 0 Å². The monoisotopic (exact) mass is 106 g/mol. The summed E-state index contributed by atoms with van der Waals surface area (Å²) in [6.45, 7) is 0.389. The van der Waals surface area contributed by atoms with E-state index in [1.54, 1.807) is 0 Å². The zero-order chi connectivity index (χ0) is 3.54. The summed E-state index contributed by atoms with van der Waals surface area (Å²) >= 11 is 0. The molecule has 0 radical (unpaired) electrons. The topological polar surface area (TPSA) is 18.5 Å². The van der Waals surface area contributed by atoms with Gasteiger partial charge in [0.2, 0.25) is 6.79 Å². The van der Waals surface area contributed by atoms with Crippen LogP contribution in [0.4, 0.5) is 0 Å². The van der Waals surface area contributed by atoms with Crippen molar-refractivity contribution in [1.82, 2.24) is 0 Å². The normalized spacial score (nSPS) is 14.7. The smallest absolute Gasteiger partial charge is 0.229 e. The Labute approximate surface area is 39.8 Å². The fraction of sp³-hybridized carbons (Fsp3) is 0.333. The molecule has 1 aliphatic heterocycles. The quantitative estimate of drug-likeness (QED) is 0.419. The van der Waals surface area contributed by atoms with Crippen LogP contribution in [0.15, 0.2) is 12.5 Å². The van der Waals surface area contributed by atoms with Gasteiger partial charge in [0.25, 0.3) is 0 Å². The molecule has 0 aromatic carbocycles. The van der Waals surface area contributed by atoms with Gasteiger partial charge < -0.3 is 9.47 Å². The number of hydrogen-bond acceptors (Lipinski definition) is 2. The van der Waals surface area contributed by atoms with E-state index in [4.69, 9.17) is 0 Å². The highest BCUT2D eigenvalue weighted by molar-refractivity contribution is 6.92. The molecule has 1 rings (SSSR count).